The van der Waals surface area contributed by atoms with Gasteiger partial charge < -0.3 is 0 Å². The number of benzene rings is 2. The maximum atomic E-state index is 2.55. The van der Waals surface area contributed by atoms with Crippen molar-refractivity contribution in [3.63, 3.8) is 0 Å². The quantitative estimate of drug-likeness (QED) is 0.545. The molecule has 0 fully saturated rings. The van der Waals surface area contributed by atoms with Gasteiger partial charge in [0.25, 0.3) is 0 Å². The van der Waals surface area contributed by atoms with Crippen LogP contribution in [-0.4, -0.2) is 3.42 Å². The molecule has 2 aromatic rings. The lowest BCUT2D eigenvalue weighted by Crippen LogP contribution is -2.22. The highest BCUT2D eigenvalue weighted by atomic mass is 127. The summed E-state index contributed by atoms with van der Waals surface area (Å²) in [7, 11) is 0. The van der Waals surface area contributed by atoms with Crippen LogP contribution < -0.4 is 0 Å². The summed E-state index contributed by atoms with van der Waals surface area (Å²) in [5.41, 5.74) is 2.77. The van der Waals surface area contributed by atoms with Gasteiger partial charge in [-0.05, 0) is 25.0 Å². The summed E-state index contributed by atoms with van der Waals surface area (Å²) in [6.07, 6.45) is 0. The number of hydrogen-bond donors (Lipinski definition) is 0. The molecule has 0 saturated heterocycles. The monoisotopic (exact) mass is 336 g/mol. The summed E-state index contributed by atoms with van der Waals surface area (Å²) in [6.45, 7) is 4.58. The third kappa shape index (κ3) is 3.09. The predicted molar refractivity (Wildman–Crippen MR) is 82.8 cm³/mol. The molecule has 0 saturated carbocycles. The third-order valence-corrected chi connectivity index (χ3v) is 3.58. The van der Waals surface area contributed by atoms with Gasteiger partial charge in [-0.2, -0.15) is 0 Å². The van der Waals surface area contributed by atoms with Gasteiger partial charge in [0.1, 0.15) is 0 Å². The van der Waals surface area contributed by atoms with Crippen molar-refractivity contribution in [1.82, 2.24) is 0 Å². The highest BCUT2D eigenvalue weighted by Crippen LogP contribution is 2.40. The van der Waals surface area contributed by atoms with Gasteiger partial charge in [0.2, 0.25) is 0 Å². The molecule has 0 atom stereocenters. The zero-order chi connectivity index (χ0) is 12.3. The Morgan fingerprint density at radius 2 is 1.12 bits per heavy atom. The largest absolute Gasteiger partial charge is 0.0784 e. The average Bonchev–Trinajstić information content (AvgIpc) is 2.30. The van der Waals surface area contributed by atoms with E-state index in [2.05, 4.69) is 97.1 Å². The Hall–Kier alpha value is -0.830. The number of rotatable bonds is 3. The molecule has 2 rings (SSSR count). The Balaban J connectivity index is 2.48. The third-order valence-electron chi connectivity index (χ3n) is 2.95. The molecule has 17 heavy (non-hydrogen) atoms. The minimum atomic E-state index is 0.195. The van der Waals surface area contributed by atoms with Gasteiger partial charge in [0, 0.05) is 9.34 Å². The lowest BCUT2D eigenvalue weighted by atomic mass is 9.82. The van der Waals surface area contributed by atoms with Gasteiger partial charge >= 0.3 is 0 Å². The molecule has 0 bridgehead atoms. The van der Waals surface area contributed by atoms with Crippen molar-refractivity contribution in [3.05, 3.63) is 71.8 Å². The molecule has 0 spiro atoms. The first-order valence-electron chi connectivity index (χ1n) is 5.88. The van der Waals surface area contributed by atoms with Gasteiger partial charge in [-0.25, -0.2) is 0 Å². The second-order valence-electron chi connectivity index (χ2n) is 4.82. The van der Waals surface area contributed by atoms with Crippen LogP contribution in [0.3, 0.4) is 0 Å². The first-order valence-corrected chi connectivity index (χ1v) is 6.96. The molecule has 0 amide bonds. The molecular formula is C16H17I. The molecule has 0 heterocycles. The molecule has 0 nitrogen and oxygen atoms in total. The van der Waals surface area contributed by atoms with Gasteiger partial charge in [-0.3, -0.25) is 0 Å². The average molecular weight is 336 g/mol. The highest BCUT2D eigenvalue weighted by Gasteiger charge is 2.29. The van der Waals surface area contributed by atoms with Crippen LogP contribution in [0.25, 0.3) is 0 Å². The molecule has 1 heteroatoms. The van der Waals surface area contributed by atoms with Crippen LogP contribution in [0.5, 0.6) is 0 Å². The normalized spacial score (nSPS) is 11.8. The van der Waals surface area contributed by atoms with E-state index in [0.29, 0.717) is 5.92 Å². The van der Waals surface area contributed by atoms with E-state index in [1.165, 1.54) is 11.1 Å². The van der Waals surface area contributed by atoms with Crippen LogP contribution in [0.4, 0.5) is 0 Å². The lowest BCUT2D eigenvalue weighted by Gasteiger charge is -2.30. The summed E-state index contributed by atoms with van der Waals surface area (Å²) < 4.78 is 0.195. The van der Waals surface area contributed by atoms with E-state index in [4.69, 9.17) is 0 Å². The molecule has 0 N–H and O–H groups in total. The minimum Gasteiger partial charge on any atom is -0.0784 e. The van der Waals surface area contributed by atoms with E-state index >= 15 is 0 Å². The Morgan fingerprint density at radius 3 is 1.41 bits per heavy atom. The van der Waals surface area contributed by atoms with Crippen LogP contribution in [0.1, 0.15) is 30.9 Å². The van der Waals surface area contributed by atoms with Gasteiger partial charge in [0.15, 0.2) is 0 Å². The molecule has 0 aliphatic rings. The van der Waals surface area contributed by atoms with Crippen molar-refractivity contribution in [2.75, 3.05) is 0 Å². The molecule has 0 unspecified atom stereocenters. The predicted octanol–water partition coefficient (Wildman–Crippen LogP) is 5.03. The van der Waals surface area contributed by atoms with Crippen molar-refractivity contribution in [3.8, 4) is 0 Å². The van der Waals surface area contributed by atoms with E-state index < -0.39 is 0 Å². The van der Waals surface area contributed by atoms with E-state index in [9.17, 15) is 0 Å². The van der Waals surface area contributed by atoms with Crippen molar-refractivity contribution in [1.29, 1.82) is 0 Å². The summed E-state index contributed by atoms with van der Waals surface area (Å²) in [6, 6.07) is 21.5. The van der Waals surface area contributed by atoms with E-state index in [-0.39, 0.29) is 3.42 Å². The molecule has 0 aromatic heterocycles. The Kier molecular flexibility index (Phi) is 3.87. The maximum Gasteiger partial charge on any atom is 0.0275 e. The molecule has 2 aromatic carbocycles. The van der Waals surface area contributed by atoms with Crippen molar-refractivity contribution >= 4 is 22.6 Å². The molecule has 0 radical (unpaired) electrons. The molecule has 0 aliphatic carbocycles. The SMILES string of the molecule is CC(C)(I)C(c1ccccc1)c1ccccc1. The first-order chi connectivity index (χ1) is 8.09. The zero-order valence-electron chi connectivity index (χ0n) is 10.2. The van der Waals surface area contributed by atoms with Crippen LogP contribution in [0.2, 0.25) is 0 Å². The van der Waals surface area contributed by atoms with Gasteiger partial charge in [-0.15, -0.1) is 0 Å². The Morgan fingerprint density at radius 1 is 0.765 bits per heavy atom. The van der Waals surface area contributed by atoms with Crippen molar-refractivity contribution in [2.24, 2.45) is 0 Å². The smallest absolute Gasteiger partial charge is 0.0275 e. The Bertz CT molecular complexity index is 414. The number of hydrogen-bond acceptors (Lipinski definition) is 0. The van der Waals surface area contributed by atoms with E-state index in [0.717, 1.165) is 0 Å². The standard InChI is InChI=1S/C16H17I/c1-16(2,17)15(13-9-5-3-6-10-13)14-11-7-4-8-12-14/h3-12,15H,1-2H3. The maximum absolute atomic E-state index is 2.55. The van der Waals surface area contributed by atoms with Crippen LogP contribution in [-0.2, 0) is 0 Å². The summed E-state index contributed by atoms with van der Waals surface area (Å²) >= 11 is 2.55. The first kappa shape index (κ1) is 12.6. The zero-order valence-corrected chi connectivity index (χ0v) is 12.4. The van der Waals surface area contributed by atoms with Crippen LogP contribution >= 0.6 is 22.6 Å². The summed E-state index contributed by atoms with van der Waals surface area (Å²) in [5, 5.41) is 0. The van der Waals surface area contributed by atoms with E-state index in [1.807, 2.05) is 0 Å². The fourth-order valence-corrected chi connectivity index (χ4v) is 3.00. The molecular weight excluding hydrogens is 319 g/mol. The van der Waals surface area contributed by atoms with Crippen molar-refractivity contribution < 1.29 is 0 Å². The fourth-order valence-electron chi connectivity index (χ4n) is 2.28. The van der Waals surface area contributed by atoms with Crippen LogP contribution in [0, 0.1) is 0 Å². The fraction of sp³-hybridized carbons (Fsp3) is 0.250. The van der Waals surface area contributed by atoms with Gasteiger partial charge in [-0.1, -0.05) is 83.3 Å². The molecule has 0 aliphatic heterocycles. The van der Waals surface area contributed by atoms with E-state index in [1.54, 1.807) is 0 Å². The van der Waals surface area contributed by atoms with Crippen LogP contribution in [0.15, 0.2) is 60.7 Å². The highest BCUT2D eigenvalue weighted by molar-refractivity contribution is 14.1. The lowest BCUT2D eigenvalue weighted by molar-refractivity contribution is 0.647. The second kappa shape index (κ2) is 5.21. The number of halogens is 1. The minimum absolute atomic E-state index is 0.195. The second-order valence-corrected chi connectivity index (χ2v) is 7.60. The topological polar surface area (TPSA) is 0 Å². The summed E-state index contributed by atoms with van der Waals surface area (Å²) in [5.74, 6) is 0.436. The Labute approximate surface area is 117 Å². The van der Waals surface area contributed by atoms with Gasteiger partial charge in [0.05, 0.1) is 0 Å². The summed E-state index contributed by atoms with van der Waals surface area (Å²) in [4.78, 5) is 0. The molecule has 88 valence electrons. The number of alkyl halides is 1. The van der Waals surface area contributed by atoms with Crippen molar-refractivity contribution in [2.45, 2.75) is 23.2 Å².